The van der Waals surface area contributed by atoms with E-state index in [1.54, 1.807) is 24.3 Å². The second-order valence-corrected chi connectivity index (χ2v) is 9.70. The second-order valence-electron chi connectivity index (χ2n) is 7.76. The molecule has 2 aromatic rings. The number of sulfonamides is 1. The van der Waals surface area contributed by atoms with Crippen molar-refractivity contribution in [1.82, 2.24) is 4.31 Å². The van der Waals surface area contributed by atoms with E-state index in [9.17, 15) is 18.0 Å². The Morgan fingerprint density at radius 2 is 1.41 bits per heavy atom. The molecule has 1 saturated heterocycles. The van der Waals surface area contributed by atoms with Gasteiger partial charge in [0.25, 0.3) is 0 Å². The van der Waals surface area contributed by atoms with Crippen LogP contribution < -0.4 is 4.74 Å². The van der Waals surface area contributed by atoms with E-state index in [1.165, 1.54) is 35.5 Å². The molecule has 0 N–H and O–H groups in total. The van der Waals surface area contributed by atoms with Gasteiger partial charge in [-0.2, -0.15) is 4.31 Å². The van der Waals surface area contributed by atoms with Crippen LogP contribution in [0.4, 0.5) is 0 Å². The van der Waals surface area contributed by atoms with E-state index in [4.69, 9.17) is 4.74 Å². The highest BCUT2D eigenvalue weighted by Crippen LogP contribution is 2.27. The zero-order chi connectivity index (χ0) is 21.2. The lowest BCUT2D eigenvalue weighted by atomic mass is 9.94. The molecule has 1 aliphatic rings. The Balaban J connectivity index is 1.72. The van der Waals surface area contributed by atoms with E-state index < -0.39 is 16.0 Å². The fourth-order valence-corrected chi connectivity index (χ4v) is 5.32. The third kappa shape index (κ3) is 4.92. The van der Waals surface area contributed by atoms with Crippen molar-refractivity contribution in [2.45, 2.75) is 32.1 Å². The first-order valence-corrected chi connectivity index (χ1v) is 11.0. The topological polar surface area (TPSA) is 80.8 Å². The highest BCUT2D eigenvalue weighted by Gasteiger charge is 2.31. The van der Waals surface area contributed by atoms with Gasteiger partial charge >= 0.3 is 5.97 Å². The van der Waals surface area contributed by atoms with Crippen LogP contribution >= 0.6 is 0 Å². The van der Waals surface area contributed by atoms with Crippen molar-refractivity contribution in [3.05, 3.63) is 59.7 Å². The zero-order valence-electron chi connectivity index (χ0n) is 16.8. The van der Waals surface area contributed by atoms with Gasteiger partial charge in [0.2, 0.25) is 10.0 Å². The van der Waals surface area contributed by atoms with Crippen molar-refractivity contribution in [1.29, 1.82) is 0 Å². The molecule has 2 atom stereocenters. The monoisotopic (exact) mass is 415 g/mol. The third-order valence-corrected chi connectivity index (χ3v) is 6.88. The Kier molecular flexibility index (Phi) is 6.19. The van der Waals surface area contributed by atoms with Crippen molar-refractivity contribution in [2.24, 2.45) is 11.8 Å². The van der Waals surface area contributed by atoms with Gasteiger partial charge in [-0.05, 0) is 73.7 Å². The van der Waals surface area contributed by atoms with E-state index in [0.29, 0.717) is 36.2 Å². The maximum atomic E-state index is 12.9. The predicted molar refractivity (Wildman–Crippen MR) is 110 cm³/mol. The number of hydrogen-bond donors (Lipinski definition) is 0. The van der Waals surface area contributed by atoms with E-state index in [1.807, 2.05) is 0 Å². The number of carbonyl (C=O) groups is 2. The molecule has 0 aliphatic carbocycles. The summed E-state index contributed by atoms with van der Waals surface area (Å²) in [5.74, 6) is 0.282. The number of hydrogen-bond acceptors (Lipinski definition) is 5. The Labute approximate surface area is 171 Å². The van der Waals surface area contributed by atoms with Gasteiger partial charge in [0.1, 0.15) is 5.75 Å². The molecule has 6 nitrogen and oxygen atoms in total. The molecule has 2 aromatic carbocycles. The standard InChI is InChI=1S/C22H25NO5S/c1-15-12-16(2)14-23(13-15)29(26,27)21-10-6-19(7-11-21)22(25)28-20-8-4-18(5-9-20)17(3)24/h4-11,15-16H,12-14H2,1-3H3. The predicted octanol–water partition coefficient (Wildman–Crippen LogP) is 3.78. The molecule has 1 fully saturated rings. The molecule has 0 bridgehead atoms. The third-order valence-electron chi connectivity index (χ3n) is 5.03. The van der Waals surface area contributed by atoms with Gasteiger partial charge in [-0.25, -0.2) is 13.2 Å². The summed E-state index contributed by atoms with van der Waals surface area (Å²) in [5.41, 5.74) is 0.778. The minimum absolute atomic E-state index is 0.0721. The highest BCUT2D eigenvalue weighted by atomic mass is 32.2. The number of nitrogens with zero attached hydrogens (tertiary/aromatic N) is 1. The Morgan fingerprint density at radius 3 is 1.93 bits per heavy atom. The number of Topliss-reactive ketones (excluding diaryl/α,β-unsaturated/α-hetero) is 1. The molecule has 0 amide bonds. The molecule has 154 valence electrons. The van der Waals surface area contributed by atoms with Gasteiger partial charge in [-0.3, -0.25) is 4.79 Å². The van der Waals surface area contributed by atoms with Crippen LogP contribution in [0.2, 0.25) is 0 Å². The van der Waals surface area contributed by atoms with Crippen LogP contribution in [0.3, 0.4) is 0 Å². The largest absolute Gasteiger partial charge is 0.423 e. The molecular weight excluding hydrogens is 390 g/mol. The molecule has 0 aromatic heterocycles. The normalized spacial score (nSPS) is 20.2. The Bertz CT molecular complexity index is 987. The summed E-state index contributed by atoms with van der Waals surface area (Å²) in [6.45, 7) is 6.59. The van der Waals surface area contributed by atoms with Crippen LogP contribution in [0.5, 0.6) is 5.75 Å². The minimum atomic E-state index is -3.59. The fraction of sp³-hybridized carbons (Fsp3) is 0.364. The first-order valence-electron chi connectivity index (χ1n) is 9.60. The molecule has 2 unspecified atom stereocenters. The molecule has 29 heavy (non-hydrogen) atoms. The van der Waals surface area contributed by atoms with E-state index in [0.717, 1.165) is 6.42 Å². The number of esters is 1. The smallest absolute Gasteiger partial charge is 0.343 e. The fourth-order valence-electron chi connectivity index (χ4n) is 3.64. The number of rotatable bonds is 5. The van der Waals surface area contributed by atoms with Crippen LogP contribution in [0.1, 0.15) is 47.9 Å². The van der Waals surface area contributed by atoms with Gasteiger partial charge < -0.3 is 4.74 Å². The maximum absolute atomic E-state index is 12.9. The van der Waals surface area contributed by atoms with Crippen molar-refractivity contribution in [2.75, 3.05) is 13.1 Å². The summed E-state index contributed by atoms with van der Waals surface area (Å²) in [7, 11) is -3.59. The van der Waals surface area contributed by atoms with Crippen LogP contribution in [-0.4, -0.2) is 37.6 Å². The average molecular weight is 416 g/mol. The van der Waals surface area contributed by atoms with Gasteiger partial charge in [0, 0.05) is 18.7 Å². The van der Waals surface area contributed by atoms with Crippen LogP contribution in [0.25, 0.3) is 0 Å². The quantitative estimate of drug-likeness (QED) is 0.422. The van der Waals surface area contributed by atoms with Crippen molar-refractivity contribution >= 4 is 21.8 Å². The summed E-state index contributed by atoms with van der Waals surface area (Å²) >= 11 is 0. The van der Waals surface area contributed by atoms with Gasteiger partial charge in [0.15, 0.2) is 5.78 Å². The molecule has 3 rings (SSSR count). The number of benzene rings is 2. The summed E-state index contributed by atoms with van der Waals surface area (Å²) in [5, 5.41) is 0. The molecule has 1 heterocycles. The number of ketones is 1. The lowest BCUT2D eigenvalue weighted by Gasteiger charge is -2.34. The highest BCUT2D eigenvalue weighted by molar-refractivity contribution is 7.89. The zero-order valence-corrected chi connectivity index (χ0v) is 17.6. The lowest BCUT2D eigenvalue weighted by Crippen LogP contribution is -2.42. The minimum Gasteiger partial charge on any atom is -0.423 e. The summed E-state index contributed by atoms with van der Waals surface area (Å²) < 4.78 is 32.7. The molecule has 7 heteroatoms. The van der Waals surface area contributed by atoms with Crippen molar-refractivity contribution < 1.29 is 22.7 Å². The first-order chi connectivity index (χ1) is 13.7. The molecule has 0 saturated carbocycles. The molecule has 0 radical (unpaired) electrons. The average Bonchev–Trinajstić information content (AvgIpc) is 2.67. The lowest BCUT2D eigenvalue weighted by molar-refractivity contribution is 0.0734. The SMILES string of the molecule is CC(=O)c1ccc(OC(=O)c2ccc(S(=O)(=O)N3CC(C)CC(C)C3)cc2)cc1. The summed E-state index contributed by atoms with van der Waals surface area (Å²) in [4.78, 5) is 23.8. The van der Waals surface area contributed by atoms with E-state index in [2.05, 4.69) is 13.8 Å². The maximum Gasteiger partial charge on any atom is 0.343 e. The Hall–Kier alpha value is -2.51. The molecule has 0 spiro atoms. The van der Waals surface area contributed by atoms with E-state index in [-0.39, 0.29) is 16.2 Å². The van der Waals surface area contributed by atoms with Crippen molar-refractivity contribution in [3.63, 3.8) is 0 Å². The van der Waals surface area contributed by atoms with E-state index >= 15 is 0 Å². The Morgan fingerprint density at radius 1 is 0.897 bits per heavy atom. The first kappa shape index (κ1) is 21.2. The molecule has 1 aliphatic heterocycles. The molecular formula is C22H25NO5S. The van der Waals surface area contributed by atoms with Crippen LogP contribution in [0, 0.1) is 11.8 Å². The van der Waals surface area contributed by atoms with Gasteiger partial charge in [-0.1, -0.05) is 13.8 Å². The van der Waals surface area contributed by atoms with Gasteiger partial charge in [0.05, 0.1) is 10.5 Å². The summed E-state index contributed by atoms with van der Waals surface area (Å²) in [6, 6.07) is 12.1. The number of ether oxygens (including phenoxy) is 1. The number of carbonyl (C=O) groups excluding carboxylic acids is 2. The van der Waals surface area contributed by atoms with Crippen molar-refractivity contribution in [3.8, 4) is 5.75 Å². The van der Waals surface area contributed by atoms with Crippen LogP contribution in [0.15, 0.2) is 53.4 Å². The van der Waals surface area contributed by atoms with Gasteiger partial charge in [-0.15, -0.1) is 0 Å². The second kappa shape index (κ2) is 8.47. The van der Waals surface area contributed by atoms with Crippen LogP contribution in [-0.2, 0) is 10.0 Å². The number of piperidine rings is 1. The summed E-state index contributed by atoms with van der Waals surface area (Å²) in [6.07, 6.45) is 1.02.